The molecule has 0 radical (unpaired) electrons. The number of anilines is 1. The highest BCUT2D eigenvalue weighted by molar-refractivity contribution is 8.03. The smallest absolute Gasteiger partial charge is 0.222 e. The number of ether oxygens (including phenoxy) is 1. The molecule has 3 N–H and O–H groups in total. The summed E-state index contributed by atoms with van der Waals surface area (Å²) in [6.45, 7) is 5.75. The second-order valence-electron chi connectivity index (χ2n) is 5.16. The van der Waals surface area contributed by atoms with Crippen LogP contribution in [0.3, 0.4) is 0 Å². The van der Waals surface area contributed by atoms with Gasteiger partial charge in [-0.25, -0.2) is 0 Å². The Morgan fingerprint density at radius 1 is 1.25 bits per heavy atom. The maximum atomic E-state index is 11.3. The minimum absolute atomic E-state index is 0.0114. The quantitative estimate of drug-likeness (QED) is 0.268. The maximum absolute atomic E-state index is 11.3. The maximum Gasteiger partial charge on any atom is 0.222 e. The molecule has 0 spiro atoms. The van der Waals surface area contributed by atoms with Gasteiger partial charge in [0.2, 0.25) is 5.91 Å². The van der Waals surface area contributed by atoms with Gasteiger partial charge in [-0.15, -0.1) is 0 Å². The first-order valence-corrected chi connectivity index (χ1v) is 8.81. The summed E-state index contributed by atoms with van der Waals surface area (Å²) in [6, 6.07) is 7.43. The number of hydrogen-bond acceptors (Lipinski definition) is 5. The largest absolute Gasteiger partial charge is 0.378 e. The normalized spacial score (nSPS) is 10.1. The van der Waals surface area contributed by atoms with E-state index in [0.29, 0.717) is 31.4 Å². The summed E-state index contributed by atoms with van der Waals surface area (Å²) in [6.07, 6.45) is 0. The molecular formula is C16H22N4O2S2. The lowest BCUT2D eigenvalue weighted by molar-refractivity contribution is -0.124. The van der Waals surface area contributed by atoms with Gasteiger partial charge in [0, 0.05) is 29.6 Å². The molecular weight excluding hydrogens is 344 g/mol. The lowest BCUT2D eigenvalue weighted by Crippen LogP contribution is -2.33. The van der Waals surface area contributed by atoms with Crippen molar-refractivity contribution >= 4 is 40.7 Å². The van der Waals surface area contributed by atoms with E-state index in [9.17, 15) is 4.79 Å². The third-order valence-corrected chi connectivity index (χ3v) is 3.72. The van der Waals surface area contributed by atoms with Gasteiger partial charge in [0.05, 0.1) is 13.2 Å². The zero-order chi connectivity index (χ0) is 17.8. The number of thiocarbonyl (C=S) groups is 1. The van der Waals surface area contributed by atoms with Gasteiger partial charge in [-0.3, -0.25) is 4.79 Å². The van der Waals surface area contributed by atoms with E-state index in [1.54, 1.807) is 0 Å². The van der Waals surface area contributed by atoms with Gasteiger partial charge in [-0.1, -0.05) is 13.8 Å². The highest BCUT2D eigenvalue weighted by Crippen LogP contribution is 2.18. The fraction of sp³-hybridized carbons (Fsp3) is 0.438. The fourth-order valence-corrected chi connectivity index (χ4v) is 2.22. The summed E-state index contributed by atoms with van der Waals surface area (Å²) in [4.78, 5) is 12.2. The Morgan fingerprint density at radius 3 is 2.46 bits per heavy atom. The minimum Gasteiger partial charge on any atom is -0.378 e. The second kappa shape index (κ2) is 11.7. The number of rotatable bonds is 9. The van der Waals surface area contributed by atoms with E-state index in [1.807, 2.05) is 43.5 Å². The fourth-order valence-electron chi connectivity index (χ4n) is 1.62. The number of benzene rings is 1. The van der Waals surface area contributed by atoms with Crippen molar-refractivity contribution < 1.29 is 9.53 Å². The van der Waals surface area contributed by atoms with Crippen molar-refractivity contribution in [2.45, 2.75) is 18.7 Å². The average Bonchev–Trinajstić information content (AvgIpc) is 2.55. The monoisotopic (exact) mass is 366 g/mol. The first kappa shape index (κ1) is 20.2. The van der Waals surface area contributed by atoms with Crippen LogP contribution in [0.15, 0.2) is 29.2 Å². The standard InChI is InChI=1S/C16H22N4O2S2/c1-12(2)15(21)18-7-9-22-10-8-19-16(23)20-13-3-5-14(6-4-13)24-11-17/h3-6,12H,7-10H2,1-2H3,(H,18,21)(H2,19,20,23). The summed E-state index contributed by atoms with van der Waals surface area (Å²) in [7, 11) is 0. The van der Waals surface area contributed by atoms with Gasteiger partial charge in [-0.2, -0.15) is 5.26 Å². The topological polar surface area (TPSA) is 86.2 Å². The molecule has 1 aromatic rings. The van der Waals surface area contributed by atoms with E-state index in [2.05, 4.69) is 16.0 Å². The van der Waals surface area contributed by atoms with Crippen LogP contribution in [0.2, 0.25) is 0 Å². The SMILES string of the molecule is CC(C)C(=O)NCCOCCNC(=S)Nc1ccc(SC#N)cc1. The molecule has 0 aliphatic rings. The Bertz CT molecular complexity index is 570. The number of nitriles is 1. The molecule has 0 aliphatic carbocycles. The third-order valence-electron chi connectivity index (χ3n) is 2.88. The molecule has 0 unspecified atom stereocenters. The zero-order valence-electron chi connectivity index (χ0n) is 13.8. The predicted molar refractivity (Wildman–Crippen MR) is 101 cm³/mol. The van der Waals surface area contributed by atoms with Gasteiger partial charge in [0.1, 0.15) is 5.40 Å². The Labute approximate surface area is 152 Å². The highest BCUT2D eigenvalue weighted by Gasteiger charge is 2.04. The number of carbonyl (C=O) groups excluding carboxylic acids is 1. The highest BCUT2D eigenvalue weighted by atomic mass is 32.2. The molecule has 0 saturated carbocycles. The van der Waals surface area contributed by atoms with Crippen molar-refractivity contribution in [2.24, 2.45) is 5.92 Å². The van der Waals surface area contributed by atoms with Gasteiger partial charge in [-0.05, 0) is 48.2 Å². The van der Waals surface area contributed by atoms with Crippen molar-refractivity contribution in [2.75, 3.05) is 31.6 Å². The molecule has 24 heavy (non-hydrogen) atoms. The van der Waals surface area contributed by atoms with Crippen LogP contribution in [0.4, 0.5) is 5.69 Å². The lowest BCUT2D eigenvalue weighted by Gasteiger charge is -2.11. The first-order chi connectivity index (χ1) is 11.5. The van der Waals surface area contributed by atoms with Gasteiger partial charge in [0.15, 0.2) is 5.11 Å². The Kier molecular flexibility index (Phi) is 9.84. The van der Waals surface area contributed by atoms with Gasteiger partial charge < -0.3 is 20.7 Å². The van der Waals surface area contributed by atoms with Crippen LogP contribution in [0.5, 0.6) is 0 Å². The number of carbonyl (C=O) groups is 1. The third kappa shape index (κ3) is 8.72. The van der Waals surface area contributed by atoms with Gasteiger partial charge >= 0.3 is 0 Å². The Hall–Kier alpha value is -1.82. The van der Waals surface area contributed by atoms with Crippen LogP contribution >= 0.6 is 24.0 Å². The number of thiocyanates is 1. The molecule has 8 heteroatoms. The van der Waals surface area contributed by atoms with E-state index < -0.39 is 0 Å². The number of nitrogens with zero attached hydrogens (tertiary/aromatic N) is 1. The molecule has 0 atom stereocenters. The number of nitrogens with one attached hydrogen (secondary N) is 3. The molecule has 0 aromatic heterocycles. The van der Waals surface area contributed by atoms with Crippen molar-refractivity contribution in [1.82, 2.24) is 10.6 Å². The summed E-state index contributed by atoms with van der Waals surface area (Å²) in [5.74, 6) is 0.0176. The molecule has 0 aliphatic heterocycles. The van der Waals surface area contributed by atoms with Crippen LogP contribution < -0.4 is 16.0 Å². The van der Waals surface area contributed by atoms with Crippen LogP contribution in [0, 0.1) is 16.6 Å². The summed E-state index contributed by atoms with van der Waals surface area (Å²) < 4.78 is 5.41. The molecule has 1 amide bonds. The Morgan fingerprint density at radius 2 is 1.88 bits per heavy atom. The van der Waals surface area contributed by atoms with E-state index in [-0.39, 0.29) is 11.8 Å². The van der Waals surface area contributed by atoms with Crippen LogP contribution in [-0.4, -0.2) is 37.3 Å². The van der Waals surface area contributed by atoms with Gasteiger partial charge in [0.25, 0.3) is 0 Å². The zero-order valence-corrected chi connectivity index (χ0v) is 15.4. The predicted octanol–water partition coefficient (Wildman–Crippen LogP) is 2.33. The molecule has 0 saturated heterocycles. The van der Waals surface area contributed by atoms with E-state index in [1.165, 1.54) is 0 Å². The van der Waals surface area contributed by atoms with Crippen molar-refractivity contribution in [3.8, 4) is 5.40 Å². The minimum atomic E-state index is -0.0114. The molecule has 0 fully saturated rings. The first-order valence-electron chi connectivity index (χ1n) is 7.59. The van der Waals surface area contributed by atoms with Crippen LogP contribution in [-0.2, 0) is 9.53 Å². The molecule has 130 valence electrons. The lowest BCUT2D eigenvalue weighted by atomic mass is 10.2. The van der Waals surface area contributed by atoms with E-state index >= 15 is 0 Å². The summed E-state index contributed by atoms with van der Waals surface area (Å²) in [5, 5.41) is 20.0. The second-order valence-corrected chi connectivity index (χ2v) is 6.42. The van der Waals surface area contributed by atoms with Crippen LogP contribution in [0.1, 0.15) is 13.8 Å². The number of thioether (sulfide) groups is 1. The van der Waals surface area contributed by atoms with Crippen LogP contribution in [0.25, 0.3) is 0 Å². The van der Waals surface area contributed by atoms with E-state index in [0.717, 1.165) is 22.3 Å². The number of hydrogen-bond donors (Lipinski definition) is 3. The van der Waals surface area contributed by atoms with E-state index in [4.69, 9.17) is 22.2 Å². The average molecular weight is 367 g/mol. The molecule has 1 aromatic carbocycles. The molecule has 1 rings (SSSR count). The molecule has 0 bridgehead atoms. The van der Waals surface area contributed by atoms with Crippen molar-refractivity contribution in [3.63, 3.8) is 0 Å². The summed E-state index contributed by atoms with van der Waals surface area (Å²) in [5.41, 5.74) is 0.854. The number of amides is 1. The van der Waals surface area contributed by atoms with Crippen molar-refractivity contribution in [1.29, 1.82) is 5.26 Å². The van der Waals surface area contributed by atoms with Crippen molar-refractivity contribution in [3.05, 3.63) is 24.3 Å². The molecule has 0 heterocycles. The summed E-state index contributed by atoms with van der Waals surface area (Å²) >= 11 is 6.31. The molecule has 6 nitrogen and oxygen atoms in total. The Balaban J connectivity index is 2.10.